The number of hydrogen-bond acceptors (Lipinski definition) is 3. The maximum absolute atomic E-state index is 11.9. The second-order valence-corrected chi connectivity index (χ2v) is 12.9. The fourth-order valence-electron chi connectivity index (χ4n) is 2.08. The summed E-state index contributed by atoms with van der Waals surface area (Å²) in [5, 5.41) is 0.740. The lowest BCUT2D eigenvalue weighted by Gasteiger charge is -2.36. The third kappa shape index (κ3) is 4.99. The van der Waals surface area contributed by atoms with Gasteiger partial charge in [-0.3, -0.25) is 4.90 Å². The highest BCUT2D eigenvalue weighted by molar-refractivity contribution is 6.74. The lowest BCUT2D eigenvalue weighted by atomic mass is 10.2. The standard InChI is InChI=1S/C19H26ClN3O2Si/c1-19(2,3)26(4,5)25-16-10-11-17(22-12-16)23(18(21)24)13-14-6-8-15(20)9-7-14/h6-12H,13H2,1-5H3,(H2,21,24). The molecule has 2 aromatic rings. The number of carbonyl (C=O) groups excluding carboxylic acids is 1. The van der Waals surface area contributed by atoms with Gasteiger partial charge in [-0.15, -0.1) is 0 Å². The van der Waals surface area contributed by atoms with Crippen molar-refractivity contribution < 1.29 is 9.22 Å². The molecule has 1 heterocycles. The predicted molar refractivity (Wildman–Crippen MR) is 109 cm³/mol. The van der Waals surface area contributed by atoms with Crippen LogP contribution in [0.25, 0.3) is 0 Å². The van der Waals surface area contributed by atoms with Crippen LogP contribution in [0.2, 0.25) is 23.2 Å². The smallest absolute Gasteiger partial charge is 0.320 e. The van der Waals surface area contributed by atoms with Crippen LogP contribution >= 0.6 is 11.6 Å². The molecule has 0 aliphatic heterocycles. The molecule has 2 N–H and O–H groups in total. The molecule has 0 atom stereocenters. The molecule has 5 nitrogen and oxygen atoms in total. The number of aromatic nitrogens is 1. The zero-order valence-electron chi connectivity index (χ0n) is 15.9. The topological polar surface area (TPSA) is 68.5 Å². The number of amides is 2. The molecule has 140 valence electrons. The maximum Gasteiger partial charge on any atom is 0.320 e. The molecule has 0 aliphatic carbocycles. The Morgan fingerprint density at radius 2 is 1.81 bits per heavy atom. The van der Waals surface area contributed by atoms with Gasteiger partial charge in [-0.25, -0.2) is 9.78 Å². The van der Waals surface area contributed by atoms with E-state index in [9.17, 15) is 4.79 Å². The first-order chi connectivity index (χ1) is 12.0. The molecule has 1 aromatic heterocycles. The Bertz CT molecular complexity index is 756. The van der Waals surface area contributed by atoms with Crippen molar-refractivity contribution in [2.24, 2.45) is 5.73 Å². The summed E-state index contributed by atoms with van der Waals surface area (Å²) in [6, 6.07) is 10.3. The first-order valence-electron chi connectivity index (χ1n) is 8.46. The molecule has 0 bridgehead atoms. The Morgan fingerprint density at radius 1 is 1.19 bits per heavy atom. The van der Waals surface area contributed by atoms with E-state index in [0.717, 1.165) is 5.56 Å². The first kappa shape index (κ1) is 20.3. The SMILES string of the molecule is CC(C)(C)[Si](C)(C)Oc1ccc(N(Cc2ccc(Cl)cc2)C(N)=O)nc1. The van der Waals surface area contributed by atoms with E-state index in [2.05, 4.69) is 38.8 Å². The van der Waals surface area contributed by atoms with Gasteiger partial charge in [-0.2, -0.15) is 0 Å². The summed E-state index contributed by atoms with van der Waals surface area (Å²) >= 11 is 5.90. The first-order valence-corrected chi connectivity index (χ1v) is 11.7. The van der Waals surface area contributed by atoms with Gasteiger partial charge in [0.1, 0.15) is 11.6 Å². The summed E-state index contributed by atoms with van der Waals surface area (Å²) in [5.74, 6) is 1.19. The van der Waals surface area contributed by atoms with E-state index >= 15 is 0 Å². The van der Waals surface area contributed by atoms with Crippen molar-refractivity contribution in [1.29, 1.82) is 0 Å². The molecular formula is C19H26ClN3O2Si. The van der Waals surface area contributed by atoms with Crippen LogP contribution in [0.5, 0.6) is 5.75 Å². The minimum atomic E-state index is -1.94. The summed E-state index contributed by atoms with van der Waals surface area (Å²) in [4.78, 5) is 17.7. The van der Waals surface area contributed by atoms with Gasteiger partial charge in [-0.05, 0) is 48.0 Å². The second-order valence-electron chi connectivity index (χ2n) is 7.77. The number of nitrogens with two attached hydrogens (primary N) is 1. The van der Waals surface area contributed by atoms with Crippen LogP contribution < -0.4 is 15.1 Å². The average molecular weight is 392 g/mol. The molecule has 0 unspecified atom stereocenters. The average Bonchev–Trinajstić information content (AvgIpc) is 2.53. The number of nitrogens with zero attached hydrogens (tertiary/aromatic N) is 2. The molecule has 0 radical (unpaired) electrons. The van der Waals surface area contributed by atoms with Crippen molar-refractivity contribution >= 4 is 31.8 Å². The van der Waals surface area contributed by atoms with Crippen molar-refractivity contribution in [1.82, 2.24) is 4.98 Å². The van der Waals surface area contributed by atoms with Gasteiger partial charge in [0, 0.05) is 5.02 Å². The van der Waals surface area contributed by atoms with E-state index in [4.69, 9.17) is 21.8 Å². The molecule has 0 fully saturated rings. The minimum Gasteiger partial charge on any atom is -0.542 e. The highest BCUT2D eigenvalue weighted by Gasteiger charge is 2.39. The second kappa shape index (κ2) is 7.68. The lowest BCUT2D eigenvalue weighted by molar-refractivity contribution is 0.253. The zero-order chi connectivity index (χ0) is 19.5. The van der Waals surface area contributed by atoms with Crippen LogP contribution in [0.1, 0.15) is 26.3 Å². The molecule has 26 heavy (non-hydrogen) atoms. The maximum atomic E-state index is 11.9. The Hall–Kier alpha value is -2.05. The Morgan fingerprint density at radius 3 is 2.27 bits per heavy atom. The molecule has 0 saturated heterocycles. The van der Waals surface area contributed by atoms with Crippen LogP contribution in [0.3, 0.4) is 0 Å². The number of anilines is 1. The zero-order valence-corrected chi connectivity index (χ0v) is 17.7. The third-order valence-electron chi connectivity index (χ3n) is 4.70. The molecule has 0 saturated carbocycles. The van der Waals surface area contributed by atoms with E-state index in [1.165, 1.54) is 4.90 Å². The third-order valence-corrected chi connectivity index (χ3v) is 9.31. The summed E-state index contributed by atoms with van der Waals surface area (Å²) in [7, 11) is -1.94. The van der Waals surface area contributed by atoms with Gasteiger partial charge < -0.3 is 10.2 Å². The molecule has 7 heteroatoms. The molecule has 0 aliphatic rings. The summed E-state index contributed by atoms with van der Waals surface area (Å²) in [6.07, 6.45) is 1.65. The van der Waals surface area contributed by atoms with Gasteiger partial charge in [-0.1, -0.05) is 44.5 Å². The molecule has 1 aromatic carbocycles. The van der Waals surface area contributed by atoms with Crippen LogP contribution in [-0.4, -0.2) is 19.3 Å². The van der Waals surface area contributed by atoms with E-state index in [0.29, 0.717) is 23.1 Å². The Labute approximate surface area is 161 Å². The van der Waals surface area contributed by atoms with Gasteiger partial charge in [0.05, 0.1) is 12.7 Å². The van der Waals surface area contributed by atoms with Gasteiger partial charge >= 0.3 is 6.03 Å². The summed E-state index contributed by atoms with van der Waals surface area (Å²) in [6.45, 7) is 11.2. The molecule has 0 spiro atoms. The number of primary amides is 1. The number of hydrogen-bond donors (Lipinski definition) is 1. The predicted octanol–water partition coefficient (Wildman–Crippen LogP) is 5.20. The largest absolute Gasteiger partial charge is 0.542 e. The van der Waals surface area contributed by atoms with Crippen LogP contribution in [-0.2, 0) is 6.54 Å². The number of urea groups is 1. The number of carbonyl (C=O) groups is 1. The number of halogens is 1. The summed E-state index contributed by atoms with van der Waals surface area (Å²) in [5.41, 5.74) is 6.45. The Kier molecular flexibility index (Phi) is 5.98. The minimum absolute atomic E-state index is 0.0967. The highest BCUT2D eigenvalue weighted by Crippen LogP contribution is 2.37. The van der Waals surface area contributed by atoms with Gasteiger partial charge in [0.25, 0.3) is 8.32 Å². The van der Waals surface area contributed by atoms with Crippen molar-refractivity contribution in [3.63, 3.8) is 0 Å². The normalized spacial score (nSPS) is 11.9. The van der Waals surface area contributed by atoms with Crippen molar-refractivity contribution in [2.45, 2.75) is 45.4 Å². The van der Waals surface area contributed by atoms with Crippen LogP contribution in [0.15, 0.2) is 42.6 Å². The number of benzene rings is 1. The lowest BCUT2D eigenvalue weighted by Crippen LogP contribution is -2.43. The van der Waals surface area contributed by atoms with E-state index < -0.39 is 14.3 Å². The summed E-state index contributed by atoms with van der Waals surface area (Å²) < 4.78 is 6.22. The van der Waals surface area contributed by atoms with E-state index in [1.54, 1.807) is 24.4 Å². The quantitative estimate of drug-likeness (QED) is 0.711. The van der Waals surface area contributed by atoms with E-state index in [-0.39, 0.29) is 5.04 Å². The van der Waals surface area contributed by atoms with Gasteiger partial charge in [0.15, 0.2) is 0 Å². The van der Waals surface area contributed by atoms with Crippen molar-refractivity contribution in [2.75, 3.05) is 4.90 Å². The molecule has 2 amide bonds. The van der Waals surface area contributed by atoms with Crippen molar-refractivity contribution in [3.05, 3.63) is 53.2 Å². The highest BCUT2D eigenvalue weighted by atomic mass is 35.5. The Balaban J connectivity index is 2.18. The molecular weight excluding hydrogens is 366 g/mol. The number of pyridine rings is 1. The van der Waals surface area contributed by atoms with Crippen LogP contribution in [0, 0.1) is 0 Å². The fourth-order valence-corrected chi connectivity index (χ4v) is 3.23. The fraction of sp³-hybridized carbons (Fsp3) is 0.368. The van der Waals surface area contributed by atoms with E-state index in [1.807, 2.05) is 18.2 Å². The van der Waals surface area contributed by atoms with Crippen molar-refractivity contribution in [3.8, 4) is 5.75 Å². The number of rotatable bonds is 5. The molecule has 2 rings (SSSR count). The van der Waals surface area contributed by atoms with Gasteiger partial charge in [0.2, 0.25) is 0 Å². The monoisotopic (exact) mass is 391 g/mol. The van der Waals surface area contributed by atoms with Crippen LogP contribution in [0.4, 0.5) is 10.6 Å².